The smallest absolute Gasteiger partial charge is 0.119 e. The summed E-state index contributed by atoms with van der Waals surface area (Å²) in [5, 5.41) is 13.0. The van der Waals surface area contributed by atoms with E-state index in [9.17, 15) is 5.11 Å². The van der Waals surface area contributed by atoms with Gasteiger partial charge in [-0.1, -0.05) is 30.3 Å². The first-order valence-corrected chi connectivity index (χ1v) is 9.39. The molecule has 1 aromatic heterocycles. The molecule has 1 aliphatic carbocycles. The van der Waals surface area contributed by atoms with Crippen LogP contribution in [0.25, 0.3) is 10.9 Å². The molecule has 0 spiro atoms. The predicted molar refractivity (Wildman–Crippen MR) is 108 cm³/mol. The average Bonchev–Trinajstić information content (AvgIpc) is 2.67. The van der Waals surface area contributed by atoms with Crippen molar-refractivity contribution in [3.05, 3.63) is 71.4 Å². The Morgan fingerprint density at radius 1 is 1.15 bits per heavy atom. The van der Waals surface area contributed by atoms with Crippen molar-refractivity contribution in [1.29, 1.82) is 0 Å². The van der Waals surface area contributed by atoms with Gasteiger partial charge in [-0.3, -0.25) is 4.98 Å². The van der Waals surface area contributed by atoms with E-state index in [1.54, 1.807) is 7.11 Å². The summed E-state index contributed by atoms with van der Waals surface area (Å²) in [6.07, 6.45) is 1.32. The number of hydrogen-bond acceptors (Lipinski definition) is 4. The molecule has 3 aromatic rings. The first-order valence-electron chi connectivity index (χ1n) is 9.39. The zero-order valence-corrected chi connectivity index (χ0v) is 16.1. The van der Waals surface area contributed by atoms with Crippen molar-refractivity contribution < 1.29 is 9.84 Å². The van der Waals surface area contributed by atoms with E-state index in [2.05, 4.69) is 37.2 Å². The lowest BCUT2D eigenvalue weighted by atomic mass is 9.70. The Hall–Kier alpha value is -2.43. The van der Waals surface area contributed by atoms with Crippen LogP contribution in [0.4, 0.5) is 0 Å². The number of fused-ring (bicyclic) bond motifs is 2. The largest absolute Gasteiger partial charge is 0.497 e. The topological polar surface area (TPSA) is 45.6 Å². The summed E-state index contributed by atoms with van der Waals surface area (Å²) < 4.78 is 5.40. The molecule has 0 aliphatic heterocycles. The fraction of sp³-hybridized carbons (Fsp3) is 0.348. The van der Waals surface area contributed by atoms with Gasteiger partial charge in [0.2, 0.25) is 0 Å². The summed E-state index contributed by atoms with van der Waals surface area (Å²) in [6, 6.07) is 18.2. The molecule has 2 atom stereocenters. The molecule has 4 rings (SSSR count). The third kappa shape index (κ3) is 3.31. The van der Waals surface area contributed by atoms with Gasteiger partial charge in [0.1, 0.15) is 5.75 Å². The number of rotatable bonds is 4. The highest BCUT2D eigenvalue weighted by Gasteiger charge is 2.43. The molecule has 4 nitrogen and oxygen atoms in total. The lowest BCUT2D eigenvalue weighted by Gasteiger charge is -2.42. The second-order valence-corrected chi connectivity index (χ2v) is 7.78. The van der Waals surface area contributed by atoms with Gasteiger partial charge in [0, 0.05) is 30.0 Å². The number of hydrogen-bond donors (Lipinski definition) is 1. The number of aliphatic hydroxyl groups is 1. The molecule has 0 bridgehead atoms. The Bertz CT molecular complexity index is 970. The van der Waals surface area contributed by atoms with Crippen molar-refractivity contribution in [2.75, 3.05) is 27.7 Å². The molecule has 27 heavy (non-hydrogen) atoms. The van der Waals surface area contributed by atoms with Crippen LogP contribution < -0.4 is 4.74 Å². The van der Waals surface area contributed by atoms with E-state index in [1.165, 1.54) is 0 Å². The van der Waals surface area contributed by atoms with Crippen LogP contribution in [0.3, 0.4) is 0 Å². The molecule has 0 saturated carbocycles. The van der Waals surface area contributed by atoms with Crippen molar-refractivity contribution in [2.24, 2.45) is 5.92 Å². The molecule has 1 heterocycles. The summed E-state index contributed by atoms with van der Waals surface area (Å²) >= 11 is 0. The van der Waals surface area contributed by atoms with Crippen LogP contribution in [0.5, 0.6) is 5.75 Å². The third-order valence-electron chi connectivity index (χ3n) is 5.62. The molecule has 0 saturated heterocycles. The van der Waals surface area contributed by atoms with Crippen LogP contribution >= 0.6 is 0 Å². The van der Waals surface area contributed by atoms with E-state index in [4.69, 9.17) is 9.72 Å². The summed E-state index contributed by atoms with van der Waals surface area (Å²) in [6.45, 7) is 0.793. The van der Waals surface area contributed by atoms with E-state index in [1.807, 2.05) is 36.4 Å². The number of benzene rings is 2. The molecule has 2 aromatic carbocycles. The number of ether oxygens (including phenoxy) is 1. The lowest BCUT2D eigenvalue weighted by molar-refractivity contribution is -0.0400. The quantitative estimate of drug-likeness (QED) is 0.773. The van der Waals surface area contributed by atoms with Gasteiger partial charge >= 0.3 is 0 Å². The van der Waals surface area contributed by atoms with Gasteiger partial charge in [0.05, 0.1) is 18.2 Å². The number of para-hydroxylation sites is 1. The molecule has 140 valence electrons. The number of nitrogens with zero attached hydrogens (tertiary/aromatic N) is 2. The summed E-state index contributed by atoms with van der Waals surface area (Å²) in [5.41, 5.74) is 3.22. The fourth-order valence-corrected chi connectivity index (χ4v) is 4.25. The first kappa shape index (κ1) is 18.0. The Kier molecular flexibility index (Phi) is 4.62. The summed E-state index contributed by atoms with van der Waals surface area (Å²) in [5.74, 6) is 0.827. The zero-order valence-electron chi connectivity index (χ0n) is 16.1. The molecule has 0 radical (unpaired) electrons. The lowest BCUT2D eigenvalue weighted by Crippen LogP contribution is -2.46. The van der Waals surface area contributed by atoms with Crippen molar-refractivity contribution >= 4 is 10.9 Å². The number of pyridine rings is 1. The van der Waals surface area contributed by atoms with Crippen LogP contribution in [0.2, 0.25) is 0 Å². The van der Waals surface area contributed by atoms with Gasteiger partial charge in [-0.2, -0.15) is 0 Å². The van der Waals surface area contributed by atoms with Gasteiger partial charge < -0.3 is 14.7 Å². The van der Waals surface area contributed by atoms with Crippen LogP contribution in [0, 0.1) is 5.92 Å². The highest BCUT2D eigenvalue weighted by atomic mass is 16.5. The Morgan fingerprint density at radius 3 is 2.74 bits per heavy atom. The minimum absolute atomic E-state index is 0.0563. The van der Waals surface area contributed by atoms with Crippen molar-refractivity contribution in [2.45, 2.75) is 18.4 Å². The van der Waals surface area contributed by atoms with Crippen LogP contribution in [-0.2, 0) is 18.4 Å². The molecular formula is C23H26N2O2. The van der Waals surface area contributed by atoms with Gasteiger partial charge in [0.25, 0.3) is 0 Å². The number of methoxy groups -OCH3 is 1. The third-order valence-corrected chi connectivity index (χ3v) is 5.62. The van der Waals surface area contributed by atoms with Gasteiger partial charge in [-0.05, 0) is 55.9 Å². The minimum atomic E-state index is -0.948. The van der Waals surface area contributed by atoms with Gasteiger partial charge in [-0.25, -0.2) is 0 Å². The van der Waals surface area contributed by atoms with Crippen LogP contribution in [-0.4, -0.2) is 42.7 Å². The maximum atomic E-state index is 11.9. The molecule has 4 heteroatoms. The Labute approximate surface area is 160 Å². The maximum absolute atomic E-state index is 11.9. The highest BCUT2D eigenvalue weighted by Crippen LogP contribution is 2.42. The van der Waals surface area contributed by atoms with Crippen LogP contribution in [0.15, 0.2) is 54.6 Å². The Balaban J connectivity index is 1.82. The van der Waals surface area contributed by atoms with Crippen LogP contribution in [0.1, 0.15) is 16.8 Å². The highest BCUT2D eigenvalue weighted by molar-refractivity contribution is 5.79. The van der Waals surface area contributed by atoms with E-state index in [0.29, 0.717) is 6.42 Å². The van der Waals surface area contributed by atoms with Crippen molar-refractivity contribution in [3.63, 3.8) is 0 Å². The van der Waals surface area contributed by atoms with E-state index in [-0.39, 0.29) is 5.92 Å². The average molecular weight is 362 g/mol. The monoisotopic (exact) mass is 362 g/mol. The van der Waals surface area contributed by atoms with Gasteiger partial charge in [-0.15, -0.1) is 0 Å². The minimum Gasteiger partial charge on any atom is -0.497 e. The molecule has 0 amide bonds. The Morgan fingerprint density at radius 2 is 1.96 bits per heavy atom. The predicted octanol–water partition coefficient (Wildman–Crippen LogP) is 3.41. The van der Waals surface area contributed by atoms with Crippen molar-refractivity contribution in [3.8, 4) is 5.75 Å². The molecule has 2 unspecified atom stereocenters. The molecule has 1 aliphatic rings. The standard InChI is InChI=1S/C23H26N2O2/c1-25(2)15-19-13-22-17(11-16-7-4-5-10-21(16)24-22)14-23(19,26)18-8-6-9-20(12-18)27-3/h4-12,19,26H,13-15H2,1-3H3. The summed E-state index contributed by atoms with van der Waals surface area (Å²) in [7, 11) is 5.76. The fourth-order valence-electron chi connectivity index (χ4n) is 4.25. The second-order valence-electron chi connectivity index (χ2n) is 7.78. The van der Waals surface area contributed by atoms with Crippen molar-refractivity contribution in [1.82, 2.24) is 9.88 Å². The summed E-state index contributed by atoms with van der Waals surface area (Å²) in [4.78, 5) is 7.05. The second kappa shape index (κ2) is 6.95. The molecule has 0 fully saturated rings. The zero-order chi connectivity index (χ0) is 19.0. The van der Waals surface area contributed by atoms with Gasteiger partial charge in [0.15, 0.2) is 0 Å². The van der Waals surface area contributed by atoms with E-state index in [0.717, 1.165) is 46.4 Å². The molecule has 1 N–H and O–H groups in total. The maximum Gasteiger partial charge on any atom is 0.119 e. The van der Waals surface area contributed by atoms with E-state index >= 15 is 0 Å². The first-order chi connectivity index (χ1) is 13.0. The normalized spacial score (nSPS) is 22.0. The SMILES string of the molecule is COc1cccc(C2(O)Cc3cc4ccccc4nc3CC2CN(C)C)c1. The van der Waals surface area contributed by atoms with E-state index < -0.39 is 5.60 Å². The number of aromatic nitrogens is 1. The molecular weight excluding hydrogens is 336 g/mol.